The van der Waals surface area contributed by atoms with E-state index in [1.165, 1.54) is 12.0 Å². The molecule has 1 atom stereocenters. The number of hydrogen-bond acceptors (Lipinski definition) is 1. The van der Waals surface area contributed by atoms with Crippen molar-refractivity contribution in [1.29, 1.82) is 0 Å². The molecule has 22 heavy (non-hydrogen) atoms. The van der Waals surface area contributed by atoms with Crippen LogP contribution in [0.15, 0.2) is 51.9 Å². The molecule has 124 valence electrons. The van der Waals surface area contributed by atoms with Crippen molar-refractivity contribution in [2.45, 2.75) is 30.5 Å². The monoisotopic (exact) mass is 529 g/mol. The predicted molar refractivity (Wildman–Crippen MR) is 100 cm³/mol. The third-order valence-electron chi connectivity index (χ3n) is 3.91. The number of benzene rings is 1. The zero-order chi connectivity index (χ0) is 13.7. The van der Waals surface area contributed by atoms with Gasteiger partial charge in [0.1, 0.15) is 0 Å². The minimum atomic E-state index is -0.920. The quantitative estimate of drug-likeness (QED) is 0.447. The maximum absolute atomic E-state index is 2.66. The topological polar surface area (TPSA) is 3.24 Å². The van der Waals surface area contributed by atoms with Crippen LogP contribution in [0.2, 0.25) is 0 Å². The fourth-order valence-corrected chi connectivity index (χ4v) is 9.31. The fourth-order valence-electron chi connectivity index (χ4n) is 2.81. The zero-order valence-corrected chi connectivity index (χ0v) is 19.5. The van der Waals surface area contributed by atoms with Gasteiger partial charge in [-0.2, -0.15) is 0 Å². The molecule has 1 aromatic carbocycles. The molecule has 2 rings (SSSR count). The number of nitrogens with zero attached hydrogens (tertiary/aromatic N) is 1. The molecule has 0 aliphatic heterocycles. The van der Waals surface area contributed by atoms with Crippen molar-refractivity contribution in [1.82, 2.24) is 4.90 Å². The third-order valence-corrected chi connectivity index (χ3v) is 10.3. The normalized spacial score (nSPS) is 15.0. The molecule has 1 nitrogen and oxygen atoms in total. The second kappa shape index (κ2) is 11.9. The van der Waals surface area contributed by atoms with E-state index in [-0.39, 0.29) is 37.2 Å². The van der Waals surface area contributed by atoms with Gasteiger partial charge >= 0.3 is 129 Å². The Bertz CT molecular complexity index is 472. The minimum absolute atomic E-state index is 0. The average Bonchev–Trinajstić information content (AvgIpc) is 2.94. The summed E-state index contributed by atoms with van der Waals surface area (Å²) in [5.41, 5.74) is 1.51. The van der Waals surface area contributed by atoms with Crippen LogP contribution < -0.4 is 0 Å². The van der Waals surface area contributed by atoms with E-state index >= 15 is 0 Å². The predicted octanol–water partition coefficient (Wildman–Crippen LogP) is 5.39. The number of rotatable bonds is 6. The first kappa shape index (κ1) is 24.7. The van der Waals surface area contributed by atoms with Crippen LogP contribution in [0, 0.1) is 0 Å². The fraction of sp³-hybridized carbons (Fsp3) is 0.412. The van der Waals surface area contributed by atoms with Gasteiger partial charge in [0, 0.05) is 0 Å². The van der Waals surface area contributed by atoms with Crippen LogP contribution in [0.3, 0.4) is 0 Å². The minimum Gasteiger partial charge on any atom is -0.147 e. The molecule has 0 spiro atoms. The van der Waals surface area contributed by atoms with Crippen LogP contribution in [0.1, 0.15) is 32.8 Å². The molecule has 0 radical (unpaired) electrons. The molecule has 5 heteroatoms. The van der Waals surface area contributed by atoms with Crippen molar-refractivity contribution in [2.24, 2.45) is 0 Å². The molecular weight excluding hydrogens is 503 g/mol. The van der Waals surface area contributed by atoms with Crippen molar-refractivity contribution in [3.63, 3.8) is 0 Å². The second-order valence-electron chi connectivity index (χ2n) is 5.06. The standard InChI is InChI=1S/C12H18N.C5H5.3ClH.Hf/c1-4-13(5-2)11(3)12-9-7-6-8-10-12;1-2-4-5-3-1;;;;/h6-10H,4-5H2,1-3H3;1-3H,4H2;3*1H;. The molecule has 1 unspecified atom stereocenters. The first-order valence-electron chi connectivity index (χ1n) is 7.15. The van der Waals surface area contributed by atoms with Gasteiger partial charge in [0.05, 0.1) is 0 Å². The van der Waals surface area contributed by atoms with Gasteiger partial charge in [0.2, 0.25) is 0 Å². The van der Waals surface area contributed by atoms with Gasteiger partial charge in [0.15, 0.2) is 0 Å². The summed E-state index contributed by atoms with van der Waals surface area (Å²) in [7, 11) is 0. The van der Waals surface area contributed by atoms with Gasteiger partial charge < -0.3 is 0 Å². The first-order valence-corrected chi connectivity index (χ1v) is 10.7. The smallest absolute Gasteiger partial charge is 0.147 e. The molecular formula is C17H26Cl3HfN. The number of allylic oxidation sites excluding steroid dienone is 4. The number of halogens is 3. The maximum atomic E-state index is 2.66. The summed E-state index contributed by atoms with van der Waals surface area (Å²) in [5.74, 6) is 0. The zero-order valence-electron chi connectivity index (χ0n) is 13.4. The Morgan fingerprint density at radius 2 is 1.64 bits per heavy atom. The van der Waals surface area contributed by atoms with E-state index in [0.717, 1.165) is 13.1 Å². The van der Waals surface area contributed by atoms with E-state index in [1.807, 2.05) is 0 Å². The Kier molecular flexibility index (Phi) is 13.3. The Hall–Kier alpha value is 0.400. The maximum Gasteiger partial charge on any atom is -0.147 e. The summed E-state index contributed by atoms with van der Waals surface area (Å²) in [4.78, 5) is 2.66. The van der Waals surface area contributed by atoms with Crippen LogP contribution in [-0.4, -0.2) is 18.0 Å². The molecule has 1 aliphatic rings. The Morgan fingerprint density at radius 1 is 1.05 bits per heavy atom. The van der Waals surface area contributed by atoms with Crippen LogP contribution in [0.5, 0.6) is 0 Å². The molecule has 0 N–H and O–H groups in total. The molecule has 0 aromatic heterocycles. The Labute approximate surface area is 165 Å². The second-order valence-corrected chi connectivity index (χ2v) is 11.8. The Balaban J connectivity index is 0. The molecule has 0 heterocycles. The summed E-state index contributed by atoms with van der Waals surface area (Å²) in [6.45, 7) is 9.31. The molecule has 0 saturated carbocycles. The average molecular weight is 529 g/mol. The van der Waals surface area contributed by atoms with E-state index in [9.17, 15) is 0 Å². The molecule has 0 fully saturated rings. The SMILES string of the molecule is CCN(CC)[C](C)([Hf][C]1=CC=CC1)c1ccccc1.Cl.Cl.Cl. The van der Waals surface area contributed by atoms with Crippen molar-refractivity contribution >= 4 is 37.2 Å². The number of hydrogen-bond donors (Lipinski definition) is 0. The molecule has 1 aliphatic carbocycles. The Morgan fingerprint density at radius 3 is 2.09 bits per heavy atom. The van der Waals surface area contributed by atoms with Gasteiger partial charge in [-0.05, 0) is 0 Å². The van der Waals surface area contributed by atoms with Crippen LogP contribution in [-0.2, 0) is 26.2 Å². The van der Waals surface area contributed by atoms with E-state index < -0.39 is 22.9 Å². The van der Waals surface area contributed by atoms with Crippen LogP contribution in [0.25, 0.3) is 0 Å². The van der Waals surface area contributed by atoms with Crippen LogP contribution in [0.4, 0.5) is 0 Å². The van der Waals surface area contributed by atoms with E-state index in [0.29, 0.717) is 3.30 Å². The summed E-state index contributed by atoms with van der Waals surface area (Å²) >= 11 is -0.920. The summed E-state index contributed by atoms with van der Waals surface area (Å²) < 4.78 is 2.03. The van der Waals surface area contributed by atoms with Crippen molar-refractivity contribution in [3.05, 3.63) is 57.5 Å². The van der Waals surface area contributed by atoms with Crippen molar-refractivity contribution < 1.29 is 22.9 Å². The summed E-state index contributed by atoms with van der Waals surface area (Å²) in [5, 5.41) is 0. The summed E-state index contributed by atoms with van der Waals surface area (Å²) in [6.07, 6.45) is 8.10. The van der Waals surface area contributed by atoms with Gasteiger partial charge in [-0.25, -0.2) is 0 Å². The molecule has 1 aromatic rings. The largest absolute Gasteiger partial charge is 0.147 e. The molecule has 0 saturated heterocycles. The molecule has 0 amide bonds. The van der Waals surface area contributed by atoms with Gasteiger partial charge in [-0.1, -0.05) is 0 Å². The van der Waals surface area contributed by atoms with Gasteiger partial charge in [0.25, 0.3) is 0 Å². The summed E-state index contributed by atoms with van der Waals surface area (Å²) in [6, 6.07) is 11.1. The van der Waals surface area contributed by atoms with E-state index in [2.05, 4.69) is 74.2 Å². The van der Waals surface area contributed by atoms with Crippen LogP contribution >= 0.6 is 37.2 Å². The van der Waals surface area contributed by atoms with Crippen molar-refractivity contribution in [3.8, 4) is 0 Å². The van der Waals surface area contributed by atoms with Crippen molar-refractivity contribution in [2.75, 3.05) is 13.1 Å². The van der Waals surface area contributed by atoms with E-state index in [1.54, 1.807) is 3.33 Å². The van der Waals surface area contributed by atoms with Gasteiger partial charge in [-0.3, -0.25) is 0 Å². The van der Waals surface area contributed by atoms with Gasteiger partial charge in [-0.15, -0.1) is 37.2 Å². The third kappa shape index (κ3) is 5.79. The first-order chi connectivity index (χ1) is 9.20. The van der Waals surface area contributed by atoms with E-state index in [4.69, 9.17) is 0 Å². The molecule has 0 bridgehead atoms.